The SMILES string of the molecule is CC[C@@H](CC(=O)O)NS(=O)(=O)N1CC=C(Br)CC1. The maximum absolute atomic E-state index is 12.0. The molecule has 0 spiro atoms. The molecular weight excluding hydrogens is 324 g/mol. The Morgan fingerprint density at radius 3 is 2.78 bits per heavy atom. The summed E-state index contributed by atoms with van der Waals surface area (Å²) >= 11 is 3.32. The molecule has 0 unspecified atom stereocenters. The topological polar surface area (TPSA) is 86.7 Å². The summed E-state index contributed by atoms with van der Waals surface area (Å²) in [7, 11) is -3.61. The maximum atomic E-state index is 12.0. The zero-order valence-electron chi connectivity index (χ0n) is 10.1. The second kappa shape index (κ2) is 6.65. The van der Waals surface area contributed by atoms with Crippen molar-refractivity contribution in [2.24, 2.45) is 0 Å². The fraction of sp³-hybridized carbons (Fsp3) is 0.700. The summed E-state index contributed by atoms with van der Waals surface area (Å²) < 4.78 is 28.8. The zero-order valence-corrected chi connectivity index (χ0v) is 12.5. The first-order valence-corrected chi connectivity index (χ1v) is 7.92. The number of rotatable bonds is 6. The minimum absolute atomic E-state index is 0.205. The van der Waals surface area contributed by atoms with Gasteiger partial charge in [0.2, 0.25) is 0 Å². The van der Waals surface area contributed by atoms with Crippen molar-refractivity contribution in [2.45, 2.75) is 32.2 Å². The van der Waals surface area contributed by atoms with Crippen LogP contribution in [-0.4, -0.2) is 42.9 Å². The van der Waals surface area contributed by atoms with Gasteiger partial charge in [-0.05, 0) is 17.3 Å². The largest absolute Gasteiger partial charge is 0.481 e. The van der Waals surface area contributed by atoms with Crippen LogP contribution < -0.4 is 4.72 Å². The Bertz CT molecular complexity index is 435. The Balaban J connectivity index is 2.66. The molecule has 1 aliphatic rings. The van der Waals surface area contributed by atoms with Crippen molar-refractivity contribution in [3.63, 3.8) is 0 Å². The monoisotopic (exact) mass is 340 g/mol. The highest BCUT2D eigenvalue weighted by atomic mass is 79.9. The first-order valence-electron chi connectivity index (χ1n) is 5.69. The molecule has 0 bridgehead atoms. The lowest BCUT2D eigenvalue weighted by atomic mass is 10.2. The fourth-order valence-corrected chi connectivity index (χ4v) is 3.35. The van der Waals surface area contributed by atoms with Gasteiger partial charge in [0.25, 0.3) is 10.2 Å². The van der Waals surface area contributed by atoms with Gasteiger partial charge < -0.3 is 5.11 Å². The normalized spacial score (nSPS) is 19.3. The summed E-state index contributed by atoms with van der Waals surface area (Å²) in [5.41, 5.74) is 0. The van der Waals surface area contributed by atoms with E-state index in [2.05, 4.69) is 20.7 Å². The number of aliphatic carboxylic acids is 1. The molecule has 0 aromatic rings. The van der Waals surface area contributed by atoms with Crippen LogP contribution >= 0.6 is 15.9 Å². The zero-order chi connectivity index (χ0) is 13.8. The minimum Gasteiger partial charge on any atom is -0.481 e. The van der Waals surface area contributed by atoms with Crippen molar-refractivity contribution in [1.29, 1.82) is 0 Å². The van der Waals surface area contributed by atoms with Gasteiger partial charge in [-0.15, -0.1) is 0 Å². The average Bonchev–Trinajstić information content (AvgIpc) is 2.27. The van der Waals surface area contributed by atoms with E-state index in [9.17, 15) is 13.2 Å². The highest BCUT2D eigenvalue weighted by Gasteiger charge is 2.26. The van der Waals surface area contributed by atoms with E-state index in [-0.39, 0.29) is 6.42 Å². The van der Waals surface area contributed by atoms with Crippen molar-refractivity contribution < 1.29 is 18.3 Å². The Hall–Kier alpha value is -0.440. The molecule has 104 valence electrons. The molecular formula is C10H17BrN2O4S. The lowest BCUT2D eigenvalue weighted by molar-refractivity contribution is -0.137. The number of carboxylic acid groups (broad SMARTS) is 1. The quantitative estimate of drug-likeness (QED) is 0.756. The number of halogens is 1. The third kappa shape index (κ3) is 4.68. The Morgan fingerprint density at radius 1 is 1.67 bits per heavy atom. The number of nitrogens with zero attached hydrogens (tertiary/aromatic N) is 1. The molecule has 1 aliphatic heterocycles. The van der Waals surface area contributed by atoms with Crippen LogP contribution in [0.1, 0.15) is 26.2 Å². The minimum atomic E-state index is -3.61. The highest BCUT2D eigenvalue weighted by molar-refractivity contribution is 9.11. The second-order valence-electron chi connectivity index (χ2n) is 4.08. The number of hydrogen-bond acceptors (Lipinski definition) is 3. The van der Waals surface area contributed by atoms with Crippen molar-refractivity contribution in [3.05, 3.63) is 10.6 Å². The van der Waals surface area contributed by atoms with Crippen LogP contribution in [0.5, 0.6) is 0 Å². The van der Waals surface area contributed by atoms with Crippen molar-refractivity contribution >= 4 is 32.1 Å². The van der Waals surface area contributed by atoms with E-state index in [1.54, 1.807) is 13.0 Å². The number of nitrogens with one attached hydrogen (secondary N) is 1. The fourth-order valence-electron chi connectivity index (χ4n) is 1.61. The lowest BCUT2D eigenvalue weighted by Gasteiger charge is -2.26. The molecule has 6 nitrogen and oxygen atoms in total. The van der Waals surface area contributed by atoms with E-state index in [0.717, 1.165) is 4.48 Å². The standard InChI is InChI=1S/C10H17BrN2O4S/c1-2-9(7-10(14)15)12-18(16,17)13-5-3-8(11)4-6-13/h3,9,12H,2,4-7H2,1H3,(H,14,15)/t9-/m0/s1. The molecule has 0 radical (unpaired) electrons. The predicted octanol–water partition coefficient (Wildman–Crippen LogP) is 1.06. The van der Waals surface area contributed by atoms with Crippen LogP contribution in [-0.2, 0) is 15.0 Å². The van der Waals surface area contributed by atoms with Crippen LogP contribution in [0.15, 0.2) is 10.6 Å². The summed E-state index contributed by atoms with van der Waals surface area (Å²) in [6, 6.07) is -0.568. The molecule has 0 aliphatic carbocycles. The molecule has 0 aromatic heterocycles. The van der Waals surface area contributed by atoms with Crippen LogP contribution in [0.4, 0.5) is 0 Å². The van der Waals surface area contributed by atoms with E-state index in [0.29, 0.717) is 25.9 Å². The van der Waals surface area contributed by atoms with Crippen LogP contribution in [0, 0.1) is 0 Å². The molecule has 0 saturated heterocycles. The van der Waals surface area contributed by atoms with E-state index in [1.165, 1.54) is 4.31 Å². The van der Waals surface area contributed by atoms with Crippen LogP contribution in [0.3, 0.4) is 0 Å². The van der Waals surface area contributed by atoms with Crippen molar-refractivity contribution in [1.82, 2.24) is 9.03 Å². The Kier molecular flexibility index (Phi) is 5.77. The van der Waals surface area contributed by atoms with E-state index in [4.69, 9.17) is 5.11 Å². The van der Waals surface area contributed by atoms with Gasteiger partial charge in [0.05, 0.1) is 6.42 Å². The molecule has 1 rings (SSSR count). The molecule has 0 amide bonds. The lowest BCUT2D eigenvalue weighted by Crippen LogP contribution is -2.47. The van der Waals surface area contributed by atoms with Gasteiger partial charge in [0.15, 0.2) is 0 Å². The summed E-state index contributed by atoms with van der Waals surface area (Å²) in [4.78, 5) is 10.6. The van der Waals surface area contributed by atoms with Crippen molar-refractivity contribution in [3.8, 4) is 0 Å². The number of carbonyl (C=O) groups is 1. The molecule has 0 fully saturated rings. The Labute approximate surface area is 115 Å². The summed E-state index contributed by atoms with van der Waals surface area (Å²) in [5.74, 6) is -1.01. The van der Waals surface area contributed by atoms with E-state index < -0.39 is 22.2 Å². The maximum Gasteiger partial charge on any atom is 0.304 e. The van der Waals surface area contributed by atoms with Gasteiger partial charge >= 0.3 is 5.97 Å². The van der Waals surface area contributed by atoms with Gasteiger partial charge in [0.1, 0.15) is 0 Å². The molecule has 0 saturated carbocycles. The molecule has 18 heavy (non-hydrogen) atoms. The number of carboxylic acids is 1. The first-order chi connectivity index (χ1) is 8.35. The van der Waals surface area contributed by atoms with Gasteiger partial charge in [0, 0.05) is 19.1 Å². The van der Waals surface area contributed by atoms with E-state index in [1.807, 2.05) is 0 Å². The molecule has 8 heteroatoms. The summed E-state index contributed by atoms with van der Waals surface area (Å²) in [5, 5.41) is 8.69. The number of hydrogen-bond donors (Lipinski definition) is 2. The summed E-state index contributed by atoms with van der Waals surface area (Å²) in [6.45, 7) is 2.46. The third-order valence-corrected chi connectivity index (χ3v) is 5.05. The first kappa shape index (κ1) is 15.6. The van der Waals surface area contributed by atoms with Gasteiger partial charge in [-0.2, -0.15) is 17.4 Å². The van der Waals surface area contributed by atoms with Crippen LogP contribution in [0.25, 0.3) is 0 Å². The molecule has 1 atom stereocenters. The molecule has 1 heterocycles. The van der Waals surface area contributed by atoms with Gasteiger partial charge in [-0.25, -0.2) is 0 Å². The third-order valence-electron chi connectivity index (χ3n) is 2.69. The van der Waals surface area contributed by atoms with Gasteiger partial charge in [-0.3, -0.25) is 4.79 Å². The Morgan fingerprint density at radius 2 is 2.33 bits per heavy atom. The predicted molar refractivity (Wildman–Crippen MR) is 71.6 cm³/mol. The van der Waals surface area contributed by atoms with E-state index >= 15 is 0 Å². The van der Waals surface area contributed by atoms with Gasteiger partial charge in [-0.1, -0.05) is 28.9 Å². The highest BCUT2D eigenvalue weighted by Crippen LogP contribution is 2.18. The second-order valence-corrected chi connectivity index (χ2v) is 6.81. The van der Waals surface area contributed by atoms with Crippen molar-refractivity contribution in [2.75, 3.05) is 13.1 Å². The summed E-state index contributed by atoms with van der Waals surface area (Å²) in [6.07, 6.45) is 2.67. The average molecular weight is 341 g/mol. The molecule has 0 aromatic carbocycles. The smallest absolute Gasteiger partial charge is 0.304 e. The van der Waals surface area contributed by atoms with Crippen LogP contribution in [0.2, 0.25) is 0 Å². The molecule has 2 N–H and O–H groups in total.